The molecule has 0 aromatic heterocycles. The third-order valence-electron chi connectivity index (χ3n) is 2.61. The van der Waals surface area contributed by atoms with Gasteiger partial charge in [0.15, 0.2) is 0 Å². The Morgan fingerprint density at radius 3 is 2.12 bits per heavy atom. The van der Waals surface area contributed by atoms with Crippen LogP contribution in [-0.4, -0.2) is 0 Å². The van der Waals surface area contributed by atoms with E-state index < -0.39 is 0 Å². The molecule has 0 bridgehead atoms. The van der Waals surface area contributed by atoms with Gasteiger partial charge in [-0.1, -0.05) is 83.9 Å². The summed E-state index contributed by atoms with van der Waals surface area (Å²) in [4.78, 5) is 0. The average molecular weight is 222 g/mol. The molecule has 0 aromatic rings. The Labute approximate surface area is 103 Å². The molecule has 0 saturated heterocycles. The highest BCUT2D eigenvalue weighted by Crippen LogP contribution is 2.17. The fraction of sp³-hybridized carbons (Fsp3) is 0.625. The van der Waals surface area contributed by atoms with Gasteiger partial charge in [0.1, 0.15) is 0 Å². The van der Waals surface area contributed by atoms with Crippen molar-refractivity contribution in [1.29, 1.82) is 0 Å². The molecule has 0 heteroatoms. The molecular formula is C16H30. The van der Waals surface area contributed by atoms with Gasteiger partial charge in [0.25, 0.3) is 0 Å². The maximum atomic E-state index is 4.09. The normalized spacial score (nSPS) is 11.8. The molecule has 1 atom stereocenters. The van der Waals surface area contributed by atoms with Crippen molar-refractivity contribution in [2.75, 3.05) is 0 Å². The van der Waals surface area contributed by atoms with E-state index in [2.05, 4.69) is 46.1 Å². The van der Waals surface area contributed by atoms with Crippen molar-refractivity contribution >= 4 is 0 Å². The second-order valence-electron chi connectivity index (χ2n) is 3.96. The van der Waals surface area contributed by atoms with Crippen molar-refractivity contribution in [3.63, 3.8) is 0 Å². The topological polar surface area (TPSA) is 0 Å². The molecule has 0 aliphatic heterocycles. The molecule has 0 radical (unpaired) electrons. The Balaban J connectivity index is 0. The van der Waals surface area contributed by atoms with Crippen molar-refractivity contribution in [2.24, 2.45) is 5.92 Å². The lowest BCUT2D eigenvalue weighted by atomic mass is 9.96. The summed E-state index contributed by atoms with van der Waals surface area (Å²) in [5.41, 5.74) is 2.40. The van der Waals surface area contributed by atoms with Gasteiger partial charge in [0.2, 0.25) is 0 Å². The van der Waals surface area contributed by atoms with Crippen LogP contribution in [0.4, 0.5) is 0 Å². The van der Waals surface area contributed by atoms with E-state index in [1.165, 1.54) is 30.4 Å². The summed E-state index contributed by atoms with van der Waals surface area (Å²) in [6.07, 6.45) is 9.04. The van der Waals surface area contributed by atoms with E-state index in [1.54, 1.807) is 0 Å². The third kappa shape index (κ3) is 9.76. The number of hydrogen-bond acceptors (Lipinski definition) is 0. The number of allylic oxidation sites excluding steroid dienone is 4. The van der Waals surface area contributed by atoms with Crippen molar-refractivity contribution in [3.05, 3.63) is 36.5 Å². The zero-order valence-corrected chi connectivity index (χ0v) is 12.0. The molecule has 0 rings (SSSR count). The van der Waals surface area contributed by atoms with Crippen LogP contribution in [0.3, 0.4) is 0 Å². The minimum atomic E-state index is 0.607. The molecular weight excluding hydrogens is 192 g/mol. The van der Waals surface area contributed by atoms with E-state index in [1.807, 2.05) is 13.8 Å². The molecule has 0 aliphatic rings. The van der Waals surface area contributed by atoms with E-state index in [-0.39, 0.29) is 0 Å². The molecule has 0 nitrogen and oxygen atoms in total. The summed E-state index contributed by atoms with van der Waals surface area (Å²) < 4.78 is 0. The van der Waals surface area contributed by atoms with Crippen LogP contribution in [0.1, 0.15) is 60.3 Å². The number of rotatable bonds is 7. The second-order valence-corrected chi connectivity index (χ2v) is 3.96. The van der Waals surface area contributed by atoms with Crippen molar-refractivity contribution in [1.82, 2.24) is 0 Å². The van der Waals surface area contributed by atoms with Crippen molar-refractivity contribution < 1.29 is 0 Å². The largest absolute Gasteiger partial charge is 0.0958 e. The molecule has 0 amide bonds. The summed E-state index contributed by atoms with van der Waals surface area (Å²) in [5, 5.41) is 0. The zero-order chi connectivity index (χ0) is 13.0. The molecule has 1 unspecified atom stereocenters. The Hall–Kier alpha value is -0.780. The first-order valence-corrected chi connectivity index (χ1v) is 6.66. The first kappa shape index (κ1) is 17.6. The smallest absolute Gasteiger partial charge is 0.0196 e. The van der Waals surface area contributed by atoms with Gasteiger partial charge in [-0.25, -0.2) is 0 Å². The Bertz CT molecular complexity index is 208. The highest BCUT2D eigenvalue weighted by atomic mass is 14.1. The van der Waals surface area contributed by atoms with E-state index in [0.29, 0.717) is 5.92 Å². The van der Waals surface area contributed by atoms with Crippen LogP contribution < -0.4 is 0 Å². The van der Waals surface area contributed by atoms with Gasteiger partial charge < -0.3 is 0 Å². The van der Waals surface area contributed by atoms with Crippen LogP contribution in [0, 0.1) is 5.92 Å². The quantitative estimate of drug-likeness (QED) is 0.469. The monoisotopic (exact) mass is 222 g/mol. The highest BCUT2D eigenvalue weighted by Gasteiger charge is 2.02. The summed E-state index contributed by atoms with van der Waals surface area (Å²) >= 11 is 0. The van der Waals surface area contributed by atoms with Gasteiger partial charge in [-0.05, 0) is 18.8 Å². The molecule has 0 spiro atoms. The molecule has 0 aliphatic carbocycles. The SMILES string of the molecule is C=C(/C=C\C(=C)C(C)CCCC)CC.CC. The van der Waals surface area contributed by atoms with E-state index >= 15 is 0 Å². The molecule has 94 valence electrons. The van der Waals surface area contributed by atoms with E-state index in [9.17, 15) is 0 Å². The van der Waals surface area contributed by atoms with Crippen molar-refractivity contribution in [3.8, 4) is 0 Å². The zero-order valence-electron chi connectivity index (χ0n) is 12.0. The van der Waals surface area contributed by atoms with Gasteiger partial charge in [-0.15, -0.1) is 0 Å². The maximum absolute atomic E-state index is 4.09. The van der Waals surface area contributed by atoms with Crippen LogP contribution in [-0.2, 0) is 0 Å². The molecule has 0 aromatic carbocycles. The number of hydrogen-bond donors (Lipinski definition) is 0. The van der Waals surface area contributed by atoms with Crippen LogP contribution in [0.25, 0.3) is 0 Å². The summed E-state index contributed by atoms with van der Waals surface area (Å²) in [6, 6.07) is 0. The minimum absolute atomic E-state index is 0.607. The van der Waals surface area contributed by atoms with Gasteiger partial charge in [0.05, 0.1) is 0 Å². The molecule has 0 N–H and O–H groups in total. The minimum Gasteiger partial charge on any atom is -0.0958 e. The molecule has 0 heterocycles. The lowest BCUT2D eigenvalue weighted by Gasteiger charge is -2.10. The highest BCUT2D eigenvalue weighted by molar-refractivity contribution is 5.25. The Morgan fingerprint density at radius 1 is 1.12 bits per heavy atom. The van der Waals surface area contributed by atoms with Gasteiger partial charge in [0, 0.05) is 0 Å². The summed E-state index contributed by atoms with van der Waals surface area (Å²) in [6.45, 7) is 18.6. The third-order valence-corrected chi connectivity index (χ3v) is 2.61. The first-order valence-electron chi connectivity index (χ1n) is 6.66. The first-order chi connectivity index (χ1) is 7.61. The lowest BCUT2D eigenvalue weighted by Crippen LogP contribution is -1.95. The Kier molecular flexibility index (Phi) is 13.5. The van der Waals surface area contributed by atoms with Crippen LogP contribution in [0.5, 0.6) is 0 Å². The van der Waals surface area contributed by atoms with Crippen LogP contribution in [0.2, 0.25) is 0 Å². The lowest BCUT2D eigenvalue weighted by molar-refractivity contribution is 0.582. The fourth-order valence-corrected chi connectivity index (χ4v) is 1.20. The summed E-state index contributed by atoms with van der Waals surface area (Å²) in [7, 11) is 0. The van der Waals surface area contributed by atoms with Crippen LogP contribution >= 0.6 is 0 Å². The van der Waals surface area contributed by atoms with Gasteiger partial charge in [-0.3, -0.25) is 0 Å². The Morgan fingerprint density at radius 2 is 1.69 bits per heavy atom. The van der Waals surface area contributed by atoms with Crippen LogP contribution in [0.15, 0.2) is 36.5 Å². The number of unbranched alkanes of at least 4 members (excludes halogenated alkanes) is 1. The van der Waals surface area contributed by atoms with Crippen molar-refractivity contribution in [2.45, 2.75) is 60.3 Å². The molecule has 16 heavy (non-hydrogen) atoms. The van der Waals surface area contributed by atoms with E-state index in [4.69, 9.17) is 0 Å². The maximum Gasteiger partial charge on any atom is -0.0196 e. The molecule has 0 fully saturated rings. The standard InChI is InChI=1S/C14H24.C2H6/c1-6-8-9-13(4)14(5)11-10-12(3)7-2;1-2/h10-11,13H,3,5-9H2,1-2,4H3;1-2H3/b11-10-;. The van der Waals surface area contributed by atoms with E-state index in [0.717, 1.165) is 6.42 Å². The van der Waals surface area contributed by atoms with Gasteiger partial charge >= 0.3 is 0 Å². The summed E-state index contributed by atoms with van der Waals surface area (Å²) in [5.74, 6) is 0.607. The second kappa shape index (κ2) is 12.3. The predicted octanol–water partition coefficient (Wildman–Crippen LogP) is 5.92. The fourth-order valence-electron chi connectivity index (χ4n) is 1.20. The predicted molar refractivity (Wildman–Crippen MR) is 77.7 cm³/mol. The average Bonchev–Trinajstić information content (AvgIpc) is 2.34. The van der Waals surface area contributed by atoms with Gasteiger partial charge in [-0.2, -0.15) is 0 Å². The molecule has 0 saturated carbocycles.